The minimum absolute atomic E-state index is 0.0537. The predicted octanol–water partition coefficient (Wildman–Crippen LogP) is 1.64. The van der Waals surface area contributed by atoms with E-state index >= 15 is 0 Å². The van der Waals surface area contributed by atoms with Crippen LogP contribution in [0.5, 0.6) is 0 Å². The van der Waals surface area contributed by atoms with Crippen LogP contribution in [0.1, 0.15) is 12.8 Å². The Kier molecular flexibility index (Phi) is 5.15. The summed E-state index contributed by atoms with van der Waals surface area (Å²) in [5.41, 5.74) is 1.28. The van der Waals surface area contributed by atoms with E-state index in [1.54, 1.807) is 0 Å². The summed E-state index contributed by atoms with van der Waals surface area (Å²) in [6.07, 6.45) is 0.849. The third kappa shape index (κ3) is 5.48. The first-order valence-electron chi connectivity index (χ1n) is 5.35. The van der Waals surface area contributed by atoms with Crippen molar-refractivity contribution in [2.45, 2.75) is 18.3 Å². The van der Waals surface area contributed by atoms with E-state index < -0.39 is 15.3 Å². The van der Waals surface area contributed by atoms with Crippen molar-refractivity contribution >= 4 is 21.6 Å². The molecule has 1 saturated heterocycles. The second-order valence-electron chi connectivity index (χ2n) is 4.24. The van der Waals surface area contributed by atoms with Crippen molar-refractivity contribution in [1.29, 1.82) is 0 Å². The minimum Gasteiger partial charge on any atom is -0.330 e. The van der Waals surface area contributed by atoms with Crippen LogP contribution < -0.4 is 5.73 Å². The predicted molar refractivity (Wildman–Crippen MR) is 62.4 cm³/mol. The van der Waals surface area contributed by atoms with Gasteiger partial charge in [0.05, 0.1) is 11.5 Å². The average Bonchev–Trinajstić information content (AvgIpc) is 2.52. The van der Waals surface area contributed by atoms with Crippen LogP contribution in [0.25, 0.3) is 0 Å². The highest BCUT2D eigenvalue weighted by atomic mass is 32.2. The van der Waals surface area contributed by atoms with E-state index in [1.165, 1.54) is 0 Å². The zero-order valence-corrected chi connectivity index (χ0v) is 10.9. The van der Waals surface area contributed by atoms with Gasteiger partial charge in [-0.25, -0.2) is 8.42 Å². The number of sulfone groups is 1. The Balaban J connectivity index is 2.39. The molecule has 0 amide bonds. The van der Waals surface area contributed by atoms with E-state index in [0.29, 0.717) is 12.8 Å². The molecule has 102 valence electrons. The van der Waals surface area contributed by atoms with Gasteiger partial charge in [0.15, 0.2) is 9.84 Å². The first-order valence-corrected chi connectivity index (χ1v) is 8.15. The molecule has 2 atom stereocenters. The molecular weight excluding hydrogens is 275 g/mol. The number of alkyl halides is 3. The second-order valence-corrected chi connectivity index (χ2v) is 7.63. The van der Waals surface area contributed by atoms with E-state index in [0.717, 1.165) is 0 Å². The SMILES string of the molecule is NCC(CCSC(F)(F)F)C1CCS(=O)(=O)C1. The lowest BCUT2D eigenvalue weighted by Crippen LogP contribution is -2.25. The molecule has 0 aromatic carbocycles. The van der Waals surface area contributed by atoms with Gasteiger partial charge < -0.3 is 5.73 Å². The maximum atomic E-state index is 11.9. The highest BCUT2D eigenvalue weighted by Crippen LogP contribution is 2.34. The Bertz CT molecular complexity index is 343. The number of nitrogens with two attached hydrogens (primary N) is 1. The molecule has 0 aromatic heterocycles. The van der Waals surface area contributed by atoms with Crippen molar-refractivity contribution in [3.8, 4) is 0 Å². The molecule has 0 radical (unpaired) electrons. The molecule has 1 rings (SSSR count). The van der Waals surface area contributed by atoms with E-state index in [1.807, 2.05) is 0 Å². The van der Waals surface area contributed by atoms with Crippen LogP contribution in [0.2, 0.25) is 0 Å². The van der Waals surface area contributed by atoms with Gasteiger partial charge in [-0.1, -0.05) is 11.8 Å². The lowest BCUT2D eigenvalue weighted by Gasteiger charge is -2.20. The molecule has 0 saturated carbocycles. The molecule has 1 heterocycles. The normalized spacial score (nSPS) is 26.0. The van der Waals surface area contributed by atoms with Gasteiger partial charge in [0.25, 0.3) is 0 Å². The van der Waals surface area contributed by atoms with Crippen molar-refractivity contribution in [2.24, 2.45) is 17.6 Å². The third-order valence-electron chi connectivity index (χ3n) is 2.99. The third-order valence-corrected chi connectivity index (χ3v) is 5.55. The fourth-order valence-corrected chi connectivity index (χ4v) is 4.64. The highest BCUT2D eigenvalue weighted by Gasteiger charge is 2.34. The molecule has 2 N–H and O–H groups in total. The molecule has 0 aromatic rings. The standard InChI is InChI=1S/C9H16F3NO2S2/c10-9(11,12)16-3-1-7(5-13)8-2-4-17(14,15)6-8/h7-8H,1-6,13H2. The van der Waals surface area contributed by atoms with Gasteiger partial charge in [-0.05, 0) is 31.2 Å². The molecule has 1 aliphatic rings. The summed E-state index contributed by atoms with van der Waals surface area (Å²) in [5, 5.41) is 0. The number of rotatable bonds is 5. The quantitative estimate of drug-likeness (QED) is 0.836. The van der Waals surface area contributed by atoms with E-state index in [9.17, 15) is 21.6 Å². The fraction of sp³-hybridized carbons (Fsp3) is 1.00. The van der Waals surface area contributed by atoms with Crippen molar-refractivity contribution < 1.29 is 21.6 Å². The Labute approximate surface area is 103 Å². The molecule has 3 nitrogen and oxygen atoms in total. The first-order chi connectivity index (χ1) is 7.73. The largest absolute Gasteiger partial charge is 0.441 e. The summed E-state index contributed by atoms with van der Waals surface area (Å²) < 4.78 is 58.4. The average molecular weight is 291 g/mol. The zero-order chi connectivity index (χ0) is 13.1. The molecule has 0 bridgehead atoms. The molecular formula is C9H16F3NO2S2. The number of halogens is 3. The van der Waals surface area contributed by atoms with Crippen LogP contribution in [0.15, 0.2) is 0 Å². The minimum atomic E-state index is -4.22. The van der Waals surface area contributed by atoms with E-state index in [2.05, 4.69) is 0 Å². The van der Waals surface area contributed by atoms with Crippen molar-refractivity contribution in [2.75, 3.05) is 23.8 Å². The summed E-state index contributed by atoms with van der Waals surface area (Å²) in [6, 6.07) is 0. The highest BCUT2D eigenvalue weighted by molar-refractivity contribution is 8.00. The summed E-state index contributed by atoms with van der Waals surface area (Å²) in [6.45, 7) is 0.249. The Morgan fingerprint density at radius 3 is 2.47 bits per heavy atom. The van der Waals surface area contributed by atoms with Crippen LogP contribution in [0, 0.1) is 11.8 Å². The van der Waals surface area contributed by atoms with Crippen LogP contribution in [-0.2, 0) is 9.84 Å². The van der Waals surface area contributed by atoms with E-state index in [-0.39, 0.29) is 47.4 Å². The maximum absolute atomic E-state index is 11.9. The monoisotopic (exact) mass is 291 g/mol. The Morgan fingerprint density at radius 1 is 1.41 bits per heavy atom. The van der Waals surface area contributed by atoms with Crippen LogP contribution in [0.4, 0.5) is 13.2 Å². The summed E-state index contributed by atoms with van der Waals surface area (Å²) in [4.78, 5) is 0. The first kappa shape index (κ1) is 15.1. The summed E-state index contributed by atoms with van der Waals surface area (Å²) >= 11 is -0.0690. The zero-order valence-electron chi connectivity index (χ0n) is 9.24. The second kappa shape index (κ2) is 5.79. The van der Waals surface area contributed by atoms with Crippen molar-refractivity contribution in [1.82, 2.24) is 0 Å². The van der Waals surface area contributed by atoms with Crippen LogP contribution in [-0.4, -0.2) is 37.7 Å². The topological polar surface area (TPSA) is 60.2 Å². The van der Waals surface area contributed by atoms with Gasteiger partial charge >= 0.3 is 5.51 Å². The fourth-order valence-electron chi connectivity index (χ4n) is 2.07. The number of hydrogen-bond acceptors (Lipinski definition) is 4. The maximum Gasteiger partial charge on any atom is 0.441 e. The summed E-state index contributed by atoms with van der Waals surface area (Å²) in [7, 11) is -2.99. The Hall–Kier alpha value is 0.0500. The smallest absolute Gasteiger partial charge is 0.330 e. The van der Waals surface area contributed by atoms with Crippen LogP contribution >= 0.6 is 11.8 Å². The molecule has 2 unspecified atom stereocenters. The molecule has 17 heavy (non-hydrogen) atoms. The number of hydrogen-bond donors (Lipinski definition) is 1. The van der Waals surface area contributed by atoms with Gasteiger partial charge in [0, 0.05) is 5.75 Å². The molecule has 8 heteroatoms. The van der Waals surface area contributed by atoms with Gasteiger partial charge in [-0.2, -0.15) is 13.2 Å². The van der Waals surface area contributed by atoms with E-state index in [4.69, 9.17) is 5.73 Å². The molecule has 1 fully saturated rings. The van der Waals surface area contributed by atoms with Gasteiger partial charge in [-0.3, -0.25) is 0 Å². The van der Waals surface area contributed by atoms with Crippen molar-refractivity contribution in [3.63, 3.8) is 0 Å². The van der Waals surface area contributed by atoms with Gasteiger partial charge in [0.1, 0.15) is 0 Å². The Morgan fingerprint density at radius 2 is 2.06 bits per heavy atom. The van der Waals surface area contributed by atoms with Gasteiger partial charge in [-0.15, -0.1) is 0 Å². The lowest BCUT2D eigenvalue weighted by molar-refractivity contribution is -0.0328. The van der Waals surface area contributed by atoms with Gasteiger partial charge in [0.2, 0.25) is 0 Å². The van der Waals surface area contributed by atoms with Crippen LogP contribution in [0.3, 0.4) is 0 Å². The summed E-state index contributed by atoms with van der Waals surface area (Å²) in [5.74, 6) is -0.0328. The molecule has 0 spiro atoms. The molecule has 0 aliphatic carbocycles. The van der Waals surface area contributed by atoms with Crippen molar-refractivity contribution in [3.05, 3.63) is 0 Å². The molecule has 1 aliphatic heterocycles. The lowest BCUT2D eigenvalue weighted by atomic mass is 9.90. The number of thioether (sulfide) groups is 1.